The van der Waals surface area contributed by atoms with Crippen molar-refractivity contribution in [3.05, 3.63) is 108 Å². The summed E-state index contributed by atoms with van der Waals surface area (Å²) in [7, 11) is 3.38. The number of methoxy groups -OCH3 is 2. The van der Waals surface area contributed by atoms with Crippen LogP contribution in [0.25, 0.3) is 0 Å². The fourth-order valence-electron chi connectivity index (χ4n) is 7.07. The molecule has 4 aromatic carbocycles. The van der Waals surface area contributed by atoms with E-state index in [1.807, 2.05) is 77.7 Å². The standard InChI is InChI=1S/C43H54N4O10/c1-51-22-6-18-44-21-25-55-42-17-16-39(28-40(42)44)56-32-37-29-45(43(48)27-33-8-5-9-34(26-33)30-57-47(49)50)19-20-46(37)36-12-14-38(15-13-36)54-24-7-23-53-31-35-10-3-4-11-41(35)52-2/h3-5,8-17,26,28,37,49-50H,6-7,18-25,27,29-32H2,1-2H3/t37-/m1/s1. The topological polar surface area (TPSA) is 135 Å². The number of carbonyl (C=O) groups excluding carboxylic acids is 1. The average Bonchev–Trinajstić information content (AvgIpc) is 3.24. The number of fused-ring (bicyclic) bond motifs is 1. The van der Waals surface area contributed by atoms with Gasteiger partial charge in [-0.15, -0.1) is 0 Å². The van der Waals surface area contributed by atoms with Crippen LogP contribution in [0.5, 0.6) is 23.0 Å². The quantitative estimate of drug-likeness (QED) is 0.0783. The van der Waals surface area contributed by atoms with Gasteiger partial charge in [0, 0.05) is 63.6 Å². The van der Waals surface area contributed by atoms with Crippen molar-refractivity contribution in [3.63, 3.8) is 0 Å². The third kappa shape index (κ3) is 12.2. The molecule has 0 radical (unpaired) electrons. The molecular weight excluding hydrogens is 732 g/mol. The maximum atomic E-state index is 13.7. The first-order valence-corrected chi connectivity index (χ1v) is 19.4. The monoisotopic (exact) mass is 786 g/mol. The van der Waals surface area contributed by atoms with Crippen molar-refractivity contribution in [2.45, 2.75) is 38.5 Å². The summed E-state index contributed by atoms with van der Waals surface area (Å²) in [6.45, 7) is 6.48. The first-order chi connectivity index (χ1) is 27.9. The summed E-state index contributed by atoms with van der Waals surface area (Å²) in [5.74, 6) is 3.16. The second-order valence-electron chi connectivity index (χ2n) is 13.9. The molecular formula is C43H54N4O10. The molecule has 1 saturated heterocycles. The van der Waals surface area contributed by atoms with E-state index in [-0.39, 0.29) is 30.4 Å². The van der Waals surface area contributed by atoms with E-state index in [2.05, 4.69) is 21.9 Å². The van der Waals surface area contributed by atoms with Gasteiger partial charge in [-0.2, -0.15) is 0 Å². The molecule has 1 fully saturated rings. The molecule has 0 aromatic heterocycles. The number of rotatable bonds is 21. The van der Waals surface area contributed by atoms with Gasteiger partial charge in [0.05, 0.1) is 63.6 Å². The number of carbonyl (C=O) groups is 1. The molecule has 2 N–H and O–H groups in total. The molecule has 0 unspecified atom stereocenters. The Morgan fingerprint density at radius 2 is 1.65 bits per heavy atom. The van der Waals surface area contributed by atoms with Crippen molar-refractivity contribution in [3.8, 4) is 23.0 Å². The van der Waals surface area contributed by atoms with Crippen molar-refractivity contribution in [2.24, 2.45) is 0 Å². The lowest BCUT2D eigenvalue weighted by Crippen LogP contribution is -2.57. The van der Waals surface area contributed by atoms with Crippen LogP contribution in [0.15, 0.2) is 91.0 Å². The molecule has 57 heavy (non-hydrogen) atoms. The highest BCUT2D eigenvalue weighted by Gasteiger charge is 2.31. The van der Waals surface area contributed by atoms with Gasteiger partial charge >= 0.3 is 0 Å². The first kappa shape index (κ1) is 41.5. The molecule has 1 amide bonds. The summed E-state index contributed by atoms with van der Waals surface area (Å²) in [6.07, 6.45) is 1.85. The normalized spacial score (nSPS) is 15.3. The number of para-hydroxylation sites is 1. The van der Waals surface area contributed by atoms with Crippen LogP contribution < -0.4 is 28.7 Å². The Bertz CT molecular complexity index is 1850. The minimum atomic E-state index is -0.319. The maximum Gasteiger partial charge on any atom is 0.227 e. The van der Waals surface area contributed by atoms with Crippen molar-refractivity contribution in [1.82, 2.24) is 10.3 Å². The van der Waals surface area contributed by atoms with Gasteiger partial charge in [-0.1, -0.05) is 42.5 Å². The van der Waals surface area contributed by atoms with Crippen LogP contribution >= 0.6 is 0 Å². The zero-order chi connectivity index (χ0) is 39.8. The fourth-order valence-corrected chi connectivity index (χ4v) is 7.07. The molecule has 4 aromatic rings. The van der Waals surface area contributed by atoms with Crippen LogP contribution in [0.1, 0.15) is 29.5 Å². The lowest BCUT2D eigenvalue weighted by atomic mass is 10.1. The average molecular weight is 787 g/mol. The number of benzene rings is 4. The number of hydrogen-bond acceptors (Lipinski definition) is 13. The predicted molar refractivity (Wildman–Crippen MR) is 213 cm³/mol. The molecule has 2 aliphatic heterocycles. The number of piperazine rings is 1. The number of amides is 1. The number of hydrogen-bond donors (Lipinski definition) is 2. The molecule has 0 saturated carbocycles. The second kappa shape index (κ2) is 21.4. The molecule has 2 aliphatic rings. The van der Waals surface area contributed by atoms with E-state index < -0.39 is 0 Å². The van der Waals surface area contributed by atoms with Crippen LogP contribution in [-0.2, 0) is 38.7 Å². The Balaban J connectivity index is 1.08. The summed E-state index contributed by atoms with van der Waals surface area (Å²) in [6, 6.07) is 29.0. The molecule has 1 atom stereocenters. The predicted octanol–water partition coefficient (Wildman–Crippen LogP) is 5.77. The van der Waals surface area contributed by atoms with Gasteiger partial charge in [-0.25, -0.2) is 4.84 Å². The van der Waals surface area contributed by atoms with Crippen molar-refractivity contribution in [2.75, 3.05) is 89.8 Å². The maximum absolute atomic E-state index is 13.7. The lowest BCUT2D eigenvalue weighted by Gasteiger charge is -2.42. The molecule has 306 valence electrons. The van der Waals surface area contributed by atoms with Gasteiger partial charge in [0.1, 0.15) is 36.2 Å². The first-order valence-electron chi connectivity index (χ1n) is 19.4. The van der Waals surface area contributed by atoms with E-state index in [4.69, 9.17) is 43.7 Å². The largest absolute Gasteiger partial charge is 0.496 e. The Morgan fingerprint density at radius 3 is 2.47 bits per heavy atom. The van der Waals surface area contributed by atoms with Gasteiger partial charge in [-0.05, 0) is 60.0 Å². The summed E-state index contributed by atoms with van der Waals surface area (Å²) >= 11 is 0. The highest BCUT2D eigenvalue weighted by molar-refractivity contribution is 5.79. The van der Waals surface area contributed by atoms with Gasteiger partial charge < -0.3 is 43.1 Å². The van der Waals surface area contributed by atoms with Crippen LogP contribution in [-0.4, -0.2) is 113 Å². The molecule has 14 heteroatoms. The molecule has 0 spiro atoms. The Labute approximate surface area is 334 Å². The molecule has 0 aliphatic carbocycles. The van der Waals surface area contributed by atoms with Gasteiger partial charge in [0.15, 0.2) is 0 Å². The van der Waals surface area contributed by atoms with Crippen molar-refractivity contribution < 1.29 is 48.5 Å². The summed E-state index contributed by atoms with van der Waals surface area (Å²) in [5, 5.41) is 17.5. The minimum Gasteiger partial charge on any atom is -0.496 e. The van der Waals surface area contributed by atoms with Gasteiger partial charge in [-0.3, -0.25) is 15.2 Å². The third-order valence-corrected chi connectivity index (χ3v) is 9.96. The number of anilines is 2. The highest BCUT2D eigenvalue weighted by Crippen LogP contribution is 2.35. The van der Waals surface area contributed by atoms with E-state index in [9.17, 15) is 4.79 Å². The van der Waals surface area contributed by atoms with Crippen LogP contribution in [0.4, 0.5) is 11.4 Å². The van der Waals surface area contributed by atoms with E-state index >= 15 is 0 Å². The summed E-state index contributed by atoms with van der Waals surface area (Å²) in [4.78, 5) is 25.0. The van der Waals surface area contributed by atoms with Crippen LogP contribution in [0.3, 0.4) is 0 Å². The van der Waals surface area contributed by atoms with Crippen molar-refractivity contribution >= 4 is 17.3 Å². The summed E-state index contributed by atoms with van der Waals surface area (Å²) in [5.41, 5.74) is 4.55. The molecule has 0 bridgehead atoms. The molecule has 14 nitrogen and oxygen atoms in total. The van der Waals surface area contributed by atoms with E-state index in [0.717, 1.165) is 71.4 Å². The van der Waals surface area contributed by atoms with Crippen LogP contribution in [0, 0.1) is 0 Å². The minimum absolute atomic E-state index is 0.00285. The smallest absolute Gasteiger partial charge is 0.227 e. The highest BCUT2D eigenvalue weighted by atomic mass is 17.1. The SMILES string of the molecule is COCCCN1CCOc2ccc(OC[C@H]3CN(C(=O)Cc4cccc(CON(O)O)c4)CCN3c3ccc(OCCCOCc4ccccc4OC)cc3)cc21. The third-order valence-electron chi connectivity index (χ3n) is 9.96. The zero-order valence-electron chi connectivity index (χ0n) is 32.8. The lowest BCUT2D eigenvalue weighted by molar-refractivity contribution is -0.497. The van der Waals surface area contributed by atoms with Gasteiger partial charge in [0.2, 0.25) is 5.91 Å². The zero-order valence-corrected chi connectivity index (χ0v) is 32.8. The fraction of sp³-hybridized carbons (Fsp3) is 0.419. The van der Waals surface area contributed by atoms with E-state index in [1.54, 1.807) is 20.3 Å². The second-order valence-corrected chi connectivity index (χ2v) is 13.9. The Hall–Kier alpha value is -5.09. The molecule has 6 rings (SSSR count). The Morgan fingerprint density at radius 1 is 0.825 bits per heavy atom. The van der Waals surface area contributed by atoms with Crippen LogP contribution in [0.2, 0.25) is 0 Å². The van der Waals surface area contributed by atoms with E-state index in [0.29, 0.717) is 64.8 Å². The number of ether oxygens (including phenoxy) is 6. The molecule has 2 heterocycles. The number of nitrogens with zero attached hydrogens (tertiary/aromatic N) is 4. The van der Waals surface area contributed by atoms with E-state index in [1.165, 1.54) is 0 Å². The Kier molecular flexibility index (Phi) is 15.6. The van der Waals surface area contributed by atoms with Crippen molar-refractivity contribution in [1.29, 1.82) is 0 Å². The van der Waals surface area contributed by atoms with Gasteiger partial charge in [0.25, 0.3) is 0 Å². The summed E-state index contributed by atoms with van der Waals surface area (Å²) < 4.78 is 35.0.